The number of hydrogen-bond acceptors (Lipinski definition) is 3. The first kappa shape index (κ1) is 10.8. The molecule has 3 rings (SSSR count). The molecule has 4 unspecified atom stereocenters. The molecular weight excluding hydrogens is 212 g/mol. The van der Waals surface area contributed by atoms with Crippen molar-refractivity contribution < 1.29 is 5.21 Å². The van der Waals surface area contributed by atoms with Crippen LogP contribution in [0.15, 0.2) is 35.5 Å². The highest BCUT2D eigenvalue weighted by molar-refractivity contribution is 5.66. The number of oxime groups is 1. The van der Waals surface area contributed by atoms with E-state index in [4.69, 9.17) is 5.21 Å². The van der Waals surface area contributed by atoms with E-state index in [1.807, 2.05) is 0 Å². The van der Waals surface area contributed by atoms with Crippen LogP contribution in [-0.4, -0.2) is 28.9 Å². The van der Waals surface area contributed by atoms with E-state index >= 15 is 0 Å². The van der Waals surface area contributed by atoms with Crippen molar-refractivity contribution in [3.63, 3.8) is 0 Å². The van der Waals surface area contributed by atoms with Gasteiger partial charge in [0.1, 0.15) is 0 Å². The maximum Gasteiger partial charge on any atom is 0.0473 e. The Morgan fingerprint density at radius 3 is 2.76 bits per heavy atom. The number of fused-ring (bicyclic) bond motifs is 1. The van der Waals surface area contributed by atoms with Crippen LogP contribution in [0.4, 0.5) is 0 Å². The van der Waals surface area contributed by atoms with Crippen LogP contribution >= 0.6 is 0 Å². The fourth-order valence-corrected chi connectivity index (χ4v) is 3.34. The fraction of sp³-hybridized carbons (Fsp3) is 0.500. The molecule has 17 heavy (non-hydrogen) atoms. The van der Waals surface area contributed by atoms with Crippen molar-refractivity contribution in [3.8, 4) is 0 Å². The molecular formula is C14H18N2O. The third kappa shape index (κ3) is 1.84. The number of rotatable bonds is 3. The molecule has 1 N–H and O–H groups in total. The first-order valence-corrected chi connectivity index (χ1v) is 6.27. The molecule has 0 aromatic heterocycles. The Kier molecular flexibility index (Phi) is 2.63. The lowest BCUT2D eigenvalue weighted by molar-refractivity contribution is 0.218. The van der Waals surface area contributed by atoms with E-state index in [0.717, 1.165) is 13.1 Å². The average molecular weight is 230 g/mol. The molecule has 0 spiro atoms. The summed E-state index contributed by atoms with van der Waals surface area (Å²) in [5.74, 6) is 1.93. The van der Waals surface area contributed by atoms with Gasteiger partial charge >= 0.3 is 0 Å². The minimum atomic E-state index is 0.516. The van der Waals surface area contributed by atoms with Gasteiger partial charge < -0.3 is 5.21 Å². The Labute approximate surface area is 102 Å². The lowest BCUT2D eigenvalue weighted by atomic mass is 10.1. The zero-order valence-electron chi connectivity index (χ0n) is 10.0. The number of benzene rings is 1. The summed E-state index contributed by atoms with van der Waals surface area (Å²) in [5, 5.41) is 11.8. The molecule has 4 atom stereocenters. The number of piperidine rings is 1. The van der Waals surface area contributed by atoms with Crippen LogP contribution in [0.5, 0.6) is 0 Å². The molecule has 90 valence electrons. The van der Waals surface area contributed by atoms with Crippen LogP contribution in [0.2, 0.25) is 0 Å². The Hall–Kier alpha value is -1.35. The first-order chi connectivity index (χ1) is 8.31. The molecule has 0 bridgehead atoms. The van der Waals surface area contributed by atoms with Crippen molar-refractivity contribution in [1.82, 2.24) is 4.90 Å². The molecule has 2 aliphatic rings. The molecule has 1 aromatic rings. The van der Waals surface area contributed by atoms with E-state index in [2.05, 4.69) is 47.3 Å². The third-order valence-corrected chi connectivity index (χ3v) is 4.34. The summed E-state index contributed by atoms with van der Waals surface area (Å²) in [4.78, 5) is 2.53. The van der Waals surface area contributed by atoms with Gasteiger partial charge in [-0.15, -0.1) is 5.16 Å². The maximum atomic E-state index is 8.58. The van der Waals surface area contributed by atoms with Gasteiger partial charge in [0, 0.05) is 31.3 Å². The Morgan fingerprint density at radius 1 is 1.41 bits per heavy atom. The molecule has 0 radical (unpaired) electrons. The zero-order valence-corrected chi connectivity index (χ0v) is 10.0. The largest absolute Gasteiger partial charge is 0.411 e. The molecule has 1 aromatic carbocycles. The van der Waals surface area contributed by atoms with E-state index in [9.17, 15) is 0 Å². The highest BCUT2D eigenvalue weighted by Gasteiger charge is 2.58. The van der Waals surface area contributed by atoms with Crippen molar-refractivity contribution in [2.24, 2.45) is 22.9 Å². The first-order valence-electron chi connectivity index (χ1n) is 6.27. The highest BCUT2D eigenvalue weighted by Crippen LogP contribution is 2.54. The van der Waals surface area contributed by atoms with Gasteiger partial charge in [0.05, 0.1) is 0 Å². The second-order valence-corrected chi connectivity index (χ2v) is 5.24. The predicted octanol–water partition coefficient (Wildman–Crippen LogP) is 2.21. The number of nitrogens with zero attached hydrogens (tertiary/aromatic N) is 2. The summed E-state index contributed by atoms with van der Waals surface area (Å²) in [6.07, 6.45) is 1.71. The molecule has 3 heteroatoms. The monoisotopic (exact) mass is 230 g/mol. The maximum absolute atomic E-state index is 8.58. The molecule has 1 aliphatic carbocycles. The second kappa shape index (κ2) is 4.15. The van der Waals surface area contributed by atoms with Crippen LogP contribution in [0.25, 0.3) is 0 Å². The number of hydrogen-bond donors (Lipinski definition) is 1. The smallest absolute Gasteiger partial charge is 0.0473 e. The van der Waals surface area contributed by atoms with Crippen molar-refractivity contribution in [3.05, 3.63) is 35.9 Å². The van der Waals surface area contributed by atoms with Gasteiger partial charge in [-0.3, -0.25) is 4.90 Å². The van der Waals surface area contributed by atoms with Crippen LogP contribution in [0.3, 0.4) is 0 Å². The van der Waals surface area contributed by atoms with Crippen LogP contribution < -0.4 is 0 Å². The van der Waals surface area contributed by atoms with Crippen molar-refractivity contribution in [2.75, 3.05) is 6.54 Å². The van der Waals surface area contributed by atoms with Gasteiger partial charge in [0.15, 0.2) is 0 Å². The average Bonchev–Trinajstić information content (AvgIpc) is 2.91. The zero-order chi connectivity index (χ0) is 11.8. The van der Waals surface area contributed by atoms with Crippen molar-refractivity contribution in [1.29, 1.82) is 0 Å². The minimum Gasteiger partial charge on any atom is -0.411 e. The Bertz CT molecular complexity index is 417. The summed E-state index contributed by atoms with van der Waals surface area (Å²) >= 11 is 0. The van der Waals surface area contributed by atoms with Crippen molar-refractivity contribution >= 4 is 6.21 Å². The van der Waals surface area contributed by atoms with E-state index in [-0.39, 0.29) is 0 Å². The quantitative estimate of drug-likeness (QED) is 0.491. The van der Waals surface area contributed by atoms with Crippen molar-refractivity contribution in [2.45, 2.75) is 19.5 Å². The van der Waals surface area contributed by atoms with Gasteiger partial charge in [-0.1, -0.05) is 30.3 Å². The molecule has 1 saturated carbocycles. The van der Waals surface area contributed by atoms with Crippen LogP contribution in [0, 0.1) is 17.8 Å². The van der Waals surface area contributed by atoms with E-state index in [0.29, 0.717) is 23.8 Å². The SMILES string of the molecule is CC1C2C(C=NO)C2CN1Cc1ccccc1. The molecule has 2 fully saturated rings. The summed E-state index contributed by atoms with van der Waals surface area (Å²) < 4.78 is 0. The fourth-order valence-electron chi connectivity index (χ4n) is 3.34. The van der Waals surface area contributed by atoms with Gasteiger partial charge in [-0.2, -0.15) is 0 Å². The van der Waals surface area contributed by atoms with Gasteiger partial charge in [-0.25, -0.2) is 0 Å². The molecule has 1 heterocycles. The predicted molar refractivity (Wildman–Crippen MR) is 67.1 cm³/mol. The lowest BCUT2D eigenvalue weighted by Crippen LogP contribution is -2.32. The molecule has 0 amide bonds. The topological polar surface area (TPSA) is 35.8 Å². The van der Waals surface area contributed by atoms with E-state index in [1.54, 1.807) is 6.21 Å². The van der Waals surface area contributed by atoms with Crippen LogP contribution in [0.1, 0.15) is 12.5 Å². The van der Waals surface area contributed by atoms with E-state index in [1.165, 1.54) is 5.56 Å². The number of likely N-dealkylation sites (tertiary alicyclic amines) is 1. The van der Waals surface area contributed by atoms with Gasteiger partial charge in [-0.05, 0) is 24.3 Å². The highest BCUT2D eigenvalue weighted by atomic mass is 16.4. The Balaban J connectivity index is 1.62. The van der Waals surface area contributed by atoms with E-state index < -0.39 is 0 Å². The van der Waals surface area contributed by atoms with Gasteiger partial charge in [0.25, 0.3) is 0 Å². The summed E-state index contributed by atoms with van der Waals surface area (Å²) in [6.45, 7) is 4.47. The molecule has 3 nitrogen and oxygen atoms in total. The second-order valence-electron chi connectivity index (χ2n) is 5.24. The summed E-state index contributed by atoms with van der Waals surface area (Å²) in [7, 11) is 0. The standard InChI is InChI=1S/C14H18N2O/c1-10-14-12(7-15-17)13(14)9-16(10)8-11-5-3-2-4-6-11/h2-7,10,12-14,17H,8-9H2,1H3. The van der Waals surface area contributed by atoms with Gasteiger partial charge in [0.2, 0.25) is 0 Å². The summed E-state index contributed by atoms with van der Waals surface area (Å²) in [5.41, 5.74) is 1.38. The Morgan fingerprint density at radius 2 is 2.18 bits per heavy atom. The lowest BCUT2D eigenvalue weighted by Gasteiger charge is -2.25. The molecule has 1 aliphatic heterocycles. The minimum absolute atomic E-state index is 0.516. The third-order valence-electron chi connectivity index (χ3n) is 4.34. The van der Waals surface area contributed by atoms with Crippen LogP contribution in [-0.2, 0) is 6.54 Å². The summed E-state index contributed by atoms with van der Waals surface area (Å²) in [6, 6.07) is 11.2. The molecule has 1 saturated heterocycles. The normalized spacial score (nSPS) is 36.3.